The molecule has 8 aliphatic rings. The van der Waals surface area contributed by atoms with Crippen molar-refractivity contribution in [3.8, 4) is 0 Å². The Morgan fingerprint density at radius 2 is 1.49 bits per heavy atom. The highest BCUT2D eigenvalue weighted by Crippen LogP contribution is 2.87. The van der Waals surface area contributed by atoms with E-state index in [1.807, 2.05) is 32.4 Å². The standard InChI is InChI=1S/C37H44O4.C2H6/c1-30(2)11-14-35(29(41)22-7-8-22)15-12-32(4)27(37(35,20-30)24-9-10-24)25(39)17-26-31(32,3)13-16-36-21-34(36,6)28(40)23(19-38)18-33(26,36)5;1-2/h7-10,17,19,23,27H,11-16,18,20-21H2,1-6H3;1-2H3/t23?,27-,31+,32+,33+,34?,35+,36?,37+;/m0./s1. The zero-order chi connectivity index (χ0) is 31.2. The summed E-state index contributed by atoms with van der Waals surface area (Å²) in [6.45, 7) is 17.8. The van der Waals surface area contributed by atoms with Crippen molar-refractivity contribution >= 4 is 23.6 Å². The van der Waals surface area contributed by atoms with E-state index < -0.39 is 22.2 Å². The molecule has 230 valence electrons. The van der Waals surface area contributed by atoms with E-state index >= 15 is 4.79 Å². The van der Waals surface area contributed by atoms with Crippen molar-refractivity contribution in [2.75, 3.05) is 0 Å². The van der Waals surface area contributed by atoms with E-state index in [0.29, 0.717) is 6.42 Å². The number of allylic oxidation sites excluding steroid dienone is 6. The van der Waals surface area contributed by atoms with Crippen molar-refractivity contribution in [1.82, 2.24) is 0 Å². The molecule has 9 atom stereocenters. The van der Waals surface area contributed by atoms with Crippen LogP contribution in [0.3, 0.4) is 0 Å². The summed E-state index contributed by atoms with van der Waals surface area (Å²) in [5, 5.41) is 0. The van der Waals surface area contributed by atoms with E-state index in [9.17, 15) is 14.4 Å². The Morgan fingerprint density at radius 3 is 2.09 bits per heavy atom. The van der Waals surface area contributed by atoms with Gasteiger partial charge < -0.3 is 4.79 Å². The van der Waals surface area contributed by atoms with Crippen LogP contribution in [0.2, 0.25) is 0 Å². The molecule has 0 N–H and O–H groups in total. The first-order chi connectivity index (χ1) is 20.1. The fourth-order valence-electron chi connectivity index (χ4n) is 12.9. The summed E-state index contributed by atoms with van der Waals surface area (Å²) in [7, 11) is 0. The summed E-state index contributed by atoms with van der Waals surface area (Å²) < 4.78 is 0. The minimum atomic E-state index is -0.596. The maximum atomic E-state index is 15.0. The molecule has 3 unspecified atom stereocenters. The predicted octanol–water partition coefficient (Wildman–Crippen LogP) is 7.97. The van der Waals surface area contributed by atoms with Crippen LogP contribution in [-0.2, 0) is 19.2 Å². The fourth-order valence-corrected chi connectivity index (χ4v) is 12.9. The molecule has 0 amide bonds. The Hall–Kier alpha value is -2.10. The molecule has 4 heteroatoms. The summed E-state index contributed by atoms with van der Waals surface area (Å²) in [6, 6.07) is 0. The van der Waals surface area contributed by atoms with Crippen LogP contribution in [-0.4, -0.2) is 23.6 Å². The molecule has 0 aromatic carbocycles. The lowest BCUT2D eigenvalue weighted by Gasteiger charge is -2.73. The van der Waals surface area contributed by atoms with Gasteiger partial charge in [-0.3, -0.25) is 14.4 Å². The van der Waals surface area contributed by atoms with Crippen LogP contribution < -0.4 is 0 Å². The quantitative estimate of drug-likeness (QED) is 0.249. The SMILES string of the molecule is CC.CC1(C)CC[C@]2(C(=O)C3=C[CH]3)CC[C@]3(C)[C@H](C(=O)C=C4[C@@]5(C)CC(C=O)C(=O)C6(C)CC65CC[C@]43C)[C@]2([C]2C=C2)C1. The molecule has 0 heterocycles. The van der Waals surface area contributed by atoms with Crippen LogP contribution in [0.25, 0.3) is 0 Å². The van der Waals surface area contributed by atoms with Gasteiger partial charge in [0, 0.05) is 40.1 Å². The van der Waals surface area contributed by atoms with Crippen LogP contribution >= 0.6 is 0 Å². The van der Waals surface area contributed by atoms with Gasteiger partial charge in [-0.2, -0.15) is 0 Å². The van der Waals surface area contributed by atoms with E-state index in [2.05, 4.69) is 53.7 Å². The molecule has 43 heavy (non-hydrogen) atoms. The molecule has 0 aliphatic heterocycles. The largest absolute Gasteiger partial charge is 0.303 e. The van der Waals surface area contributed by atoms with Crippen LogP contribution in [0.5, 0.6) is 0 Å². The number of rotatable bonds is 4. The Labute approximate surface area is 258 Å². The number of aldehydes is 1. The lowest BCUT2D eigenvalue weighted by molar-refractivity contribution is -0.202. The van der Waals surface area contributed by atoms with Crippen LogP contribution in [0.4, 0.5) is 0 Å². The smallest absolute Gasteiger partial charge is 0.165 e. The molecule has 0 aromatic rings. The van der Waals surface area contributed by atoms with Crippen molar-refractivity contribution < 1.29 is 19.2 Å². The molecule has 0 aromatic heterocycles. The summed E-state index contributed by atoms with van der Waals surface area (Å²) >= 11 is 0. The third-order valence-electron chi connectivity index (χ3n) is 15.3. The monoisotopic (exact) mass is 582 g/mol. The second-order valence-corrected chi connectivity index (χ2v) is 17.2. The maximum absolute atomic E-state index is 15.0. The molecule has 8 rings (SSSR count). The third kappa shape index (κ3) is 3.10. The summed E-state index contributed by atoms with van der Waals surface area (Å²) in [4.78, 5) is 55.1. The zero-order valence-electron chi connectivity index (χ0n) is 27.6. The predicted molar refractivity (Wildman–Crippen MR) is 167 cm³/mol. The van der Waals surface area contributed by atoms with Gasteiger partial charge in [0.2, 0.25) is 0 Å². The number of ketones is 3. The van der Waals surface area contributed by atoms with Gasteiger partial charge in [0.1, 0.15) is 12.1 Å². The highest BCUT2D eigenvalue weighted by molar-refractivity contribution is 6.09. The van der Waals surface area contributed by atoms with Crippen molar-refractivity contribution in [2.45, 2.75) is 113 Å². The topological polar surface area (TPSA) is 68.3 Å². The van der Waals surface area contributed by atoms with E-state index in [0.717, 1.165) is 63.2 Å². The maximum Gasteiger partial charge on any atom is 0.165 e. The first-order valence-electron chi connectivity index (χ1n) is 17.0. The molecule has 1 spiro atoms. The normalized spacial score (nSPS) is 51.5. The second-order valence-electron chi connectivity index (χ2n) is 17.2. The molecule has 4 nitrogen and oxygen atoms in total. The number of hydrogen-bond acceptors (Lipinski definition) is 4. The Kier molecular flexibility index (Phi) is 5.77. The van der Waals surface area contributed by atoms with E-state index in [1.165, 1.54) is 11.5 Å². The third-order valence-corrected chi connectivity index (χ3v) is 15.3. The van der Waals surface area contributed by atoms with Gasteiger partial charge in [-0.25, -0.2) is 0 Å². The van der Waals surface area contributed by atoms with Gasteiger partial charge in [-0.05, 0) is 90.9 Å². The number of Topliss-reactive ketones (excluding diaryl/α,β-unsaturated/α-hetero) is 2. The van der Waals surface area contributed by atoms with E-state index in [1.54, 1.807) is 0 Å². The van der Waals surface area contributed by atoms with Gasteiger partial charge in [-0.15, -0.1) is 0 Å². The molecule has 2 radical (unpaired) electrons. The fraction of sp³-hybridized carbons (Fsp3) is 0.692. The van der Waals surface area contributed by atoms with Crippen LogP contribution in [0.1, 0.15) is 113 Å². The highest BCUT2D eigenvalue weighted by atomic mass is 16.1. The Bertz CT molecular complexity index is 1450. The van der Waals surface area contributed by atoms with Gasteiger partial charge >= 0.3 is 0 Å². The molecular formula is C39H50O4. The van der Waals surface area contributed by atoms with Gasteiger partial charge in [0.25, 0.3) is 0 Å². The lowest BCUT2D eigenvalue weighted by atomic mass is 9.29. The minimum Gasteiger partial charge on any atom is -0.303 e. The average molecular weight is 583 g/mol. The molecule has 5 fully saturated rings. The molecular weight excluding hydrogens is 532 g/mol. The molecule has 0 saturated heterocycles. The van der Waals surface area contributed by atoms with Crippen molar-refractivity contribution in [1.29, 1.82) is 0 Å². The minimum absolute atomic E-state index is 0.0332. The summed E-state index contributed by atoms with van der Waals surface area (Å²) in [6.07, 6.45) is 18.8. The number of carbonyl (C=O) groups excluding carboxylic acids is 4. The number of hydrogen-bond donors (Lipinski definition) is 0. The molecule has 0 bridgehead atoms. The van der Waals surface area contributed by atoms with Gasteiger partial charge in [-0.1, -0.05) is 79.2 Å². The van der Waals surface area contributed by atoms with Gasteiger partial charge in [0.05, 0.1) is 5.92 Å². The zero-order valence-corrected chi connectivity index (χ0v) is 27.6. The van der Waals surface area contributed by atoms with Crippen LogP contribution in [0.15, 0.2) is 35.5 Å². The van der Waals surface area contributed by atoms with Gasteiger partial charge in [0.15, 0.2) is 11.6 Å². The summed E-state index contributed by atoms with van der Waals surface area (Å²) in [5.41, 5.74) is -0.509. The van der Waals surface area contributed by atoms with Crippen molar-refractivity contribution in [3.63, 3.8) is 0 Å². The first kappa shape index (κ1) is 29.6. The number of carbonyl (C=O) groups is 4. The molecule has 5 saturated carbocycles. The van der Waals surface area contributed by atoms with E-state index in [4.69, 9.17) is 0 Å². The second kappa shape index (κ2) is 8.38. The highest BCUT2D eigenvalue weighted by Gasteiger charge is 2.84. The Balaban J connectivity index is 0.00000147. The molecule has 8 aliphatic carbocycles. The van der Waals surface area contributed by atoms with Crippen LogP contribution in [0, 0.1) is 67.5 Å². The lowest BCUT2D eigenvalue weighted by Crippen LogP contribution is -2.70. The average Bonchev–Trinajstić information content (AvgIpc) is 3.83. The van der Waals surface area contributed by atoms with E-state index in [-0.39, 0.29) is 50.3 Å². The summed E-state index contributed by atoms with van der Waals surface area (Å²) in [5.74, 6) is 0.951. The van der Waals surface area contributed by atoms with Crippen molar-refractivity contribution in [3.05, 3.63) is 47.8 Å². The van der Waals surface area contributed by atoms with Crippen molar-refractivity contribution in [2.24, 2.45) is 55.2 Å². The number of fused-ring (bicyclic) bond motifs is 6. The first-order valence-corrected chi connectivity index (χ1v) is 17.0. The Morgan fingerprint density at radius 1 is 0.837 bits per heavy atom.